The van der Waals surface area contributed by atoms with E-state index < -0.39 is 0 Å². The van der Waals surface area contributed by atoms with Crippen molar-refractivity contribution in [2.45, 2.75) is 19.8 Å². The second-order valence-electron chi connectivity index (χ2n) is 3.56. The van der Waals surface area contributed by atoms with E-state index in [4.69, 9.17) is 11.6 Å². The van der Waals surface area contributed by atoms with E-state index in [-0.39, 0.29) is 5.28 Å². The lowest BCUT2D eigenvalue weighted by atomic mass is 10.1. The van der Waals surface area contributed by atoms with Gasteiger partial charge in [-0.1, -0.05) is 13.8 Å². The average Bonchev–Trinajstić information content (AvgIpc) is 2.66. The van der Waals surface area contributed by atoms with Gasteiger partial charge in [0.2, 0.25) is 5.28 Å². The number of nitrogens with zero attached hydrogens (tertiary/aromatic N) is 4. The van der Waals surface area contributed by atoms with Gasteiger partial charge in [-0.15, -0.1) is 0 Å². The Morgan fingerprint density at radius 2 is 2.20 bits per heavy atom. The molecule has 0 atom stereocenters. The average molecular weight is 223 g/mol. The molecule has 2 aromatic rings. The molecule has 0 unspecified atom stereocenters. The fraction of sp³-hybridized carbons (Fsp3) is 0.300. The fourth-order valence-electron chi connectivity index (χ4n) is 1.21. The van der Waals surface area contributed by atoms with Crippen molar-refractivity contribution >= 4 is 11.6 Å². The molecule has 0 saturated carbocycles. The minimum absolute atomic E-state index is 0.231. The molecule has 0 amide bonds. The van der Waals surface area contributed by atoms with E-state index in [9.17, 15) is 0 Å². The number of rotatable bonds is 2. The number of hydrogen-bond donors (Lipinski definition) is 0. The van der Waals surface area contributed by atoms with Crippen molar-refractivity contribution in [3.8, 4) is 5.82 Å². The van der Waals surface area contributed by atoms with Gasteiger partial charge in [-0.2, -0.15) is 10.1 Å². The van der Waals surface area contributed by atoms with Crippen LogP contribution in [0.25, 0.3) is 5.82 Å². The highest BCUT2D eigenvalue weighted by molar-refractivity contribution is 6.28. The zero-order chi connectivity index (χ0) is 10.8. The third-order valence-corrected chi connectivity index (χ3v) is 2.30. The first-order chi connectivity index (χ1) is 7.16. The maximum absolute atomic E-state index is 5.70. The van der Waals surface area contributed by atoms with E-state index in [1.54, 1.807) is 16.9 Å². The normalized spacial score (nSPS) is 10.9. The molecule has 2 rings (SSSR count). The summed E-state index contributed by atoms with van der Waals surface area (Å²) in [6.07, 6.45) is 5.39. The molecule has 0 N–H and O–H groups in total. The minimum Gasteiger partial charge on any atom is -0.226 e. The third kappa shape index (κ3) is 2.15. The van der Waals surface area contributed by atoms with Gasteiger partial charge in [-0.05, 0) is 23.1 Å². The van der Waals surface area contributed by atoms with Crippen molar-refractivity contribution in [3.05, 3.63) is 35.5 Å². The molecule has 0 aliphatic heterocycles. The Bertz CT molecular complexity index is 464. The summed E-state index contributed by atoms with van der Waals surface area (Å²) in [5.41, 5.74) is 1.17. The zero-order valence-corrected chi connectivity index (χ0v) is 9.31. The van der Waals surface area contributed by atoms with Crippen LogP contribution in [0.5, 0.6) is 0 Å². The Kier molecular flexibility index (Phi) is 2.68. The summed E-state index contributed by atoms with van der Waals surface area (Å²) in [7, 11) is 0. The van der Waals surface area contributed by atoms with Gasteiger partial charge in [0.05, 0.1) is 6.20 Å². The molecule has 2 aromatic heterocycles. The van der Waals surface area contributed by atoms with E-state index in [0.29, 0.717) is 11.7 Å². The molecule has 78 valence electrons. The first-order valence-electron chi connectivity index (χ1n) is 4.70. The van der Waals surface area contributed by atoms with Gasteiger partial charge in [-0.3, -0.25) is 0 Å². The Morgan fingerprint density at radius 3 is 2.80 bits per heavy atom. The molecule has 0 aliphatic rings. The van der Waals surface area contributed by atoms with Gasteiger partial charge in [-0.25, -0.2) is 9.67 Å². The van der Waals surface area contributed by atoms with Crippen molar-refractivity contribution in [2.75, 3.05) is 0 Å². The first kappa shape index (κ1) is 10.1. The van der Waals surface area contributed by atoms with E-state index >= 15 is 0 Å². The van der Waals surface area contributed by atoms with Crippen LogP contribution in [0.1, 0.15) is 25.3 Å². The maximum Gasteiger partial charge on any atom is 0.224 e. The molecular weight excluding hydrogens is 212 g/mol. The SMILES string of the molecule is CC(C)c1cnn(-c2ccnc(Cl)n2)c1. The lowest BCUT2D eigenvalue weighted by Gasteiger charge is -2.00. The number of aromatic nitrogens is 4. The van der Waals surface area contributed by atoms with Crippen LogP contribution in [-0.4, -0.2) is 19.7 Å². The highest BCUT2D eigenvalue weighted by Crippen LogP contribution is 2.14. The molecule has 15 heavy (non-hydrogen) atoms. The van der Waals surface area contributed by atoms with Crippen LogP contribution in [0.4, 0.5) is 0 Å². The summed E-state index contributed by atoms with van der Waals surface area (Å²) in [4.78, 5) is 7.89. The zero-order valence-electron chi connectivity index (χ0n) is 8.55. The Labute approximate surface area is 92.9 Å². The molecule has 5 heteroatoms. The molecule has 0 radical (unpaired) electrons. The van der Waals surface area contributed by atoms with Crippen molar-refractivity contribution in [2.24, 2.45) is 0 Å². The Balaban J connectivity index is 2.37. The summed E-state index contributed by atoms with van der Waals surface area (Å²) in [5.74, 6) is 1.14. The van der Waals surface area contributed by atoms with Crippen molar-refractivity contribution < 1.29 is 0 Å². The Morgan fingerprint density at radius 1 is 1.40 bits per heavy atom. The van der Waals surface area contributed by atoms with E-state index in [1.807, 2.05) is 12.4 Å². The minimum atomic E-state index is 0.231. The quantitative estimate of drug-likeness (QED) is 0.733. The van der Waals surface area contributed by atoms with Gasteiger partial charge in [0, 0.05) is 18.5 Å². The largest absolute Gasteiger partial charge is 0.226 e. The standard InChI is InChI=1S/C10H11ClN4/c1-7(2)8-5-13-15(6-8)9-3-4-12-10(11)14-9/h3-7H,1-2H3. The van der Waals surface area contributed by atoms with Crippen LogP contribution >= 0.6 is 11.6 Å². The number of hydrogen-bond acceptors (Lipinski definition) is 3. The summed E-state index contributed by atoms with van der Waals surface area (Å²) < 4.78 is 1.70. The van der Waals surface area contributed by atoms with Crippen LogP contribution in [-0.2, 0) is 0 Å². The van der Waals surface area contributed by atoms with Crippen molar-refractivity contribution in [3.63, 3.8) is 0 Å². The van der Waals surface area contributed by atoms with Crippen LogP contribution in [0.2, 0.25) is 5.28 Å². The summed E-state index contributed by atoms with van der Waals surface area (Å²) >= 11 is 5.70. The predicted molar refractivity (Wildman–Crippen MR) is 58.3 cm³/mol. The predicted octanol–water partition coefficient (Wildman–Crippen LogP) is 2.44. The van der Waals surface area contributed by atoms with E-state index in [1.165, 1.54) is 5.56 Å². The molecule has 4 nitrogen and oxygen atoms in total. The van der Waals surface area contributed by atoms with Crippen molar-refractivity contribution in [1.29, 1.82) is 0 Å². The summed E-state index contributed by atoms with van der Waals surface area (Å²) in [5, 5.41) is 4.45. The van der Waals surface area contributed by atoms with Crippen LogP contribution < -0.4 is 0 Å². The van der Waals surface area contributed by atoms with Gasteiger partial charge in [0.1, 0.15) is 0 Å². The van der Waals surface area contributed by atoms with Gasteiger partial charge in [0.25, 0.3) is 0 Å². The molecular formula is C10H11ClN4. The van der Waals surface area contributed by atoms with Gasteiger partial charge in [0.15, 0.2) is 5.82 Å². The van der Waals surface area contributed by atoms with E-state index in [0.717, 1.165) is 0 Å². The van der Waals surface area contributed by atoms with Crippen molar-refractivity contribution in [1.82, 2.24) is 19.7 Å². The summed E-state index contributed by atoms with van der Waals surface area (Å²) in [6, 6.07) is 1.77. The summed E-state index contributed by atoms with van der Waals surface area (Å²) in [6.45, 7) is 4.24. The topological polar surface area (TPSA) is 43.6 Å². The van der Waals surface area contributed by atoms with Gasteiger partial charge < -0.3 is 0 Å². The highest BCUT2D eigenvalue weighted by Gasteiger charge is 2.05. The van der Waals surface area contributed by atoms with Gasteiger partial charge >= 0.3 is 0 Å². The fourth-order valence-corrected chi connectivity index (χ4v) is 1.36. The third-order valence-electron chi connectivity index (χ3n) is 2.12. The van der Waals surface area contributed by atoms with Crippen LogP contribution in [0, 0.1) is 0 Å². The second kappa shape index (κ2) is 3.98. The molecule has 0 aromatic carbocycles. The van der Waals surface area contributed by atoms with Crippen LogP contribution in [0.3, 0.4) is 0 Å². The van der Waals surface area contributed by atoms with E-state index in [2.05, 4.69) is 28.9 Å². The molecule has 0 saturated heterocycles. The molecule has 0 fully saturated rings. The molecule has 0 aliphatic carbocycles. The second-order valence-corrected chi connectivity index (χ2v) is 3.89. The smallest absolute Gasteiger partial charge is 0.224 e. The van der Waals surface area contributed by atoms with Crippen LogP contribution in [0.15, 0.2) is 24.7 Å². The maximum atomic E-state index is 5.70. The number of halogens is 1. The Hall–Kier alpha value is -1.42. The highest BCUT2D eigenvalue weighted by atomic mass is 35.5. The molecule has 0 bridgehead atoms. The lowest BCUT2D eigenvalue weighted by molar-refractivity contribution is 0.833. The lowest BCUT2D eigenvalue weighted by Crippen LogP contribution is -1.98. The molecule has 0 spiro atoms. The molecule has 2 heterocycles. The first-order valence-corrected chi connectivity index (χ1v) is 5.08. The monoisotopic (exact) mass is 222 g/mol.